The van der Waals surface area contributed by atoms with Crippen molar-refractivity contribution >= 4 is 23.0 Å². The number of anilines is 4. The normalized spacial score (nSPS) is 10.4. The van der Waals surface area contributed by atoms with Gasteiger partial charge < -0.3 is 15.1 Å². The minimum atomic E-state index is 0.775. The second-order valence-electron chi connectivity index (χ2n) is 5.40. The van der Waals surface area contributed by atoms with Crippen LogP contribution in [0.4, 0.5) is 23.0 Å². The maximum atomic E-state index is 4.52. The van der Waals surface area contributed by atoms with Crippen LogP contribution in [0.2, 0.25) is 0 Å². The molecule has 1 aromatic heterocycles. The molecule has 0 aliphatic heterocycles. The molecule has 22 heavy (non-hydrogen) atoms. The average molecular weight is 299 g/mol. The summed E-state index contributed by atoms with van der Waals surface area (Å²) < 4.78 is 0. The number of hydrogen-bond acceptors (Lipinski definition) is 5. The van der Waals surface area contributed by atoms with E-state index in [1.807, 2.05) is 27.1 Å². The minimum Gasteiger partial charge on any atom is -0.378 e. The Balaban J connectivity index is 2.22. The first-order valence-corrected chi connectivity index (χ1v) is 7.68. The molecule has 0 spiro atoms. The molecule has 1 heterocycles. The zero-order valence-corrected chi connectivity index (χ0v) is 14.1. The van der Waals surface area contributed by atoms with Crippen molar-refractivity contribution in [2.75, 3.05) is 42.3 Å². The summed E-state index contributed by atoms with van der Waals surface area (Å²) in [6.07, 6.45) is 0. The van der Waals surface area contributed by atoms with E-state index in [9.17, 15) is 0 Å². The van der Waals surface area contributed by atoms with Crippen LogP contribution in [0, 0.1) is 6.92 Å². The van der Waals surface area contributed by atoms with Crippen LogP contribution in [0.1, 0.15) is 19.7 Å². The second kappa shape index (κ2) is 7.11. The maximum absolute atomic E-state index is 4.52. The molecule has 0 saturated carbocycles. The van der Waals surface area contributed by atoms with Crippen LogP contribution in [0.15, 0.2) is 30.3 Å². The Labute approximate surface area is 133 Å². The van der Waals surface area contributed by atoms with Gasteiger partial charge in [0.1, 0.15) is 17.5 Å². The van der Waals surface area contributed by atoms with Gasteiger partial charge in [-0.3, -0.25) is 0 Å². The van der Waals surface area contributed by atoms with Gasteiger partial charge in [0.15, 0.2) is 0 Å². The largest absolute Gasteiger partial charge is 0.378 e. The summed E-state index contributed by atoms with van der Waals surface area (Å²) in [4.78, 5) is 13.3. The smallest absolute Gasteiger partial charge is 0.136 e. The summed E-state index contributed by atoms with van der Waals surface area (Å²) in [5.74, 6) is 2.56. The molecule has 0 aliphatic rings. The molecule has 0 amide bonds. The zero-order valence-electron chi connectivity index (χ0n) is 14.1. The predicted molar refractivity (Wildman–Crippen MR) is 94.4 cm³/mol. The Morgan fingerprint density at radius 2 is 1.64 bits per heavy atom. The summed E-state index contributed by atoms with van der Waals surface area (Å²) in [6, 6.07) is 10.3. The summed E-state index contributed by atoms with van der Waals surface area (Å²) >= 11 is 0. The van der Waals surface area contributed by atoms with Gasteiger partial charge in [0.05, 0.1) is 0 Å². The number of nitrogens with zero attached hydrogens (tertiary/aromatic N) is 4. The van der Waals surface area contributed by atoms with Gasteiger partial charge in [-0.05, 0) is 45.0 Å². The molecule has 0 unspecified atom stereocenters. The molecule has 0 atom stereocenters. The van der Waals surface area contributed by atoms with E-state index in [-0.39, 0.29) is 0 Å². The Morgan fingerprint density at radius 1 is 1.00 bits per heavy atom. The van der Waals surface area contributed by atoms with E-state index in [1.54, 1.807) is 0 Å². The molecule has 0 radical (unpaired) electrons. The SMILES string of the molecule is CCN(CC)c1cc(Nc2ccc(N(C)C)cc2)nc(C)n1. The molecular formula is C17H25N5. The fourth-order valence-corrected chi connectivity index (χ4v) is 2.32. The molecule has 1 N–H and O–H groups in total. The maximum Gasteiger partial charge on any atom is 0.136 e. The first-order chi connectivity index (χ1) is 10.5. The Morgan fingerprint density at radius 3 is 2.18 bits per heavy atom. The van der Waals surface area contributed by atoms with Crippen molar-refractivity contribution in [1.82, 2.24) is 9.97 Å². The van der Waals surface area contributed by atoms with E-state index < -0.39 is 0 Å². The highest BCUT2D eigenvalue weighted by Crippen LogP contribution is 2.21. The molecular weight excluding hydrogens is 274 g/mol. The lowest BCUT2D eigenvalue weighted by molar-refractivity contribution is 0.835. The molecule has 0 aliphatic carbocycles. The van der Waals surface area contributed by atoms with Crippen molar-refractivity contribution in [1.29, 1.82) is 0 Å². The molecule has 5 heteroatoms. The number of rotatable bonds is 6. The Bertz CT molecular complexity index is 603. The predicted octanol–water partition coefficient (Wildman–Crippen LogP) is 3.44. The van der Waals surface area contributed by atoms with Crippen LogP contribution in [0.3, 0.4) is 0 Å². The fourth-order valence-electron chi connectivity index (χ4n) is 2.32. The highest BCUT2D eigenvalue weighted by molar-refractivity contribution is 5.62. The highest BCUT2D eigenvalue weighted by atomic mass is 15.2. The van der Waals surface area contributed by atoms with Gasteiger partial charge in [0.25, 0.3) is 0 Å². The standard InChI is InChI=1S/C17H25N5/c1-6-22(7-2)17-12-16(18-13(3)19-17)20-14-8-10-15(11-9-14)21(4)5/h8-12H,6-7H2,1-5H3,(H,18,19,20). The number of hydrogen-bond donors (Lipinski definition) is 1. The number of benzene rings is 1. The van der Waals surface area contributed by atoms with Crippen LogP contribution in [-0.4, -0.2) is 37.2 Å². The lowest BCUT2D eigenvalue weighted by Crippen LogP contribution is -2.23. The van der Waals surface area contributed by atoms with E-state index in [0.29, 0.717) is 0 Å². The van der Waals surface area contributed by atoms with Gasteiger partial charge in [0, 0.05) is 44.6 Å². The van der Waals surface area contributed by atoms with E-state index in [4.69, 9.17) is 0 Å². The topological polar surface area (TPSA) is 44.3 Å². The monoisotopic (exact) mass is 299 g/mol. The van der Waals surface area contributed by atoms with Crippen LogP contribution in [0.5, 0.6) is 0 Å². The summed E-state index contributed by atoms with van der Waals surface area (Å²) in [5.41, 5.74) is 2.20. The van der Waals surface area contributed by atoms with Crippen molar-refractivity contribution in [3.63, 3.8) is 0 Å². The molecule has 0 saturated heterocycles. The molecule has 2 aromatic rings. The Hall–Kier alpha value is -2.30. The Kier molecular flexibility index (Phi) is 5.20. The van der Waals surface area contributed by atoms with Gasteiger partial charge in [-0.15, -0.1) is 0 Å². The third-order valence-electron chi connectivity index (χ3n) is 3.57. The minimum absolute atomic E-state index is 0.775. The van der Waals surface area contributed by atoms with Gasteiger partial charge in [0.2, 0.25) is 0 Å². The van der Waals surface area contributed by atoms with Crippen molar-refractivity contribution < 1.29 is 0 Å². The molecule has 118 valence electrons. The van der Waals surface area contributed by atoms with Crippen LogP contribution >= 0.6 is 0 Å². The summed E-state index contributed by atoms with van der Waals surface area (Å²) in [6.45, 7) is 8.06. The number of aromatic nitrogens is 2. The molecule has 1 aromatic carbocycles. The van der Waals surface area contributed by atoms with Crippen LogP contribution in [0.25, 0.3) is 0 Å². The highest BCUT2D eigenvalue weighted by Gasteiger charge is 2.07. The zero-order chi connectivity index (χ0) is 16.1. The van der Waals surface area contributed by atoms with Crippen molar-refractivity contribution in [3.8, 4) is 0 Å². The van der Waals surface area contributed by atoms with E-state index in [2.05, 4.69) is 63.2 Å². The molecule has 0 bridgehead atoms. The van der Waals surface area contributed by atoms with Crippen LogP contribution < -0.4 is 15.1 Å². The summed E-state index contributed by atoms with van der Waals surface area (Å²) in [5, 5.41) is 3.36. The average Bonchev–Trinajstić information content (AvgIpc) is 2.48. The van der Waals surface area contributed by atoms with E-state index >= 15 is 0 Å². The molecule has 5 nitrogen and oxygen atoms in total. The fraction of sp³-hybridized carbons (Fsp3) is 0.412. The number of aryl methyl sites for hydroxylation is 1. The van der Waals surface area contributed by atoms with Gasteiger partial charge in [-0.1, -0.05) is 0 Å². The van der Waals surface area contributed by atoms with E-state index in [1.165, 1.54) is 5.69 Å². The summed E-state index contributed by atoms with van der Waals surface area (Å²) in [7, 11) is 4.07. The third kappa shape index (κ3) is 3.87. The van der Waals surface area contributed by atoms with E-state index in [0.717, 1.165) is 36.2 Å². The lowest BCUT2D eigenvalue weighted by Gasteiger charge is -2.20. The van der Waals surface area contributed by atoms with Crippen LogP contribution in [-0.2, 0) is 0 Å². The van der Waals surface area contributed by atoms with Crippen molar-refractivity contribution in [3.05, 3.63) is 36.2 Å². The second-order valence-corrected chi connectivity index (χ2v) is 5.40. The third-order valence-corrected chi connectivity index (χ3v) is 3.57. The van der Waals surface area contributed by atoms with Gasteiger partial charge in [-0.2, -0.15) is 0 Å². The lowest BCUT2D eigenvalue weighted by atomic mass is 10.2. The molecule has 0 fully saturated rings. The first-order valence-electron chi connectivity index (χ1n) is 7.68. The van der Waals surface area contributed by atoms with Crippen molar-refractivity contribution in [2.45, 2.75) is 20.8 Å². The molecule has 2 rings (SSSR count). The first kappa shape index (κ1) is 16.1. The quantitative estimate of drug-likeness (QED) is 0.885. The number of nitrogens with one attached hydrogen (secondary N) is 1. The van der Waals surface area contributed by atoms with Crippen molar-refractivity contribution in [2.24, 2.45) is 0 Å². The van der Waals surface area contributed by atoms with Gasteiger partial charge >= 0.3 is 0 Å². The van der Waals surface area contributed by atoms with Gasteiger partial charge in [-0.25, -0.2) is 9.97 Å².